The van der Waals surface area contributed by atoms with E-state index in [0.29, 0.717) is 13.1 Å². The molecule has 0 aliphatic carbocycles. The highest BCUT2D eigenvalue weighted by Gasteiger charge is 2.16. The largest absolute Gasteiger partial charge is 0.482 e. The van der Waals surface area contributed by atoms with Gasteiger partial charge in [-0.2, -0.15) is 0 Å². The minimum absolute atomic E-state index is 0.0707. The molecule has 6 nitrogen and oxygen atoms in total. The van der Waals surface area contributed by atoms with E-state index in [-0.39, 0.29) is 28.2 Å². The molecular formula is C15H23ClN2O4S. The molecule has 130 valence electrons. The summed E-state index contributed by atoms with van der Waals surface area (Å²) in [6.07, 6.45) is 2.50. The summed E-state index contributed by atoms with van der Waals surface area (Å²) in [6.45, 7) is 4.73. The van der Waals surface area contributed by atoms with E-state index in [1.54, 1.807) is 0 Å². The highest BCUT2D eigenvalue weighted by molar-refractivity contribution is 7.89. The predicted octanol–water partition coefficient (Wildman–Crippen LogP) is 2.32. The van der Waals surface area contributed by atoms with Crippen molar-refractivity contribution < 1.29 is 17.9 Å². The fourth-order valence-electron chi connectivity index (χ4n) is 1.69. The molecule has 0 fully saturated rings. The Hall–Kier alpha value is -1.31. The van der Waals surface area contributed by atoms with E-state index in [4.69, 9.17) is 16.3 Å². The normalized spacial score (nSPS) is 11.3. The number of hydrogen-bond acceptors (Lipinski definition) is 4. The lowest BCUT2D eigenvalue weighted by Crippen LogP contribution is -2.29. The van der Waals surface area contributed by atoms with Crippen molar-refractivity contribution in [1.29, 1.82) is 0 Å². The number of carbonyl (C=O) groups excluding carboxylic acids is 1. The zero-order valence-electron chi connectivity index (χ0n) is 13.4. The summed E-state index contributed by atoms with van der Waals surface area (Å²) in [7, 11) is -3.58. The lowest BCUT2D eigenvalue weighted by Gasteiger charge is -2.10. The summed E-state index contributed by atoms with van der Waals surface area (Å²) >= 11 is 6.04. The second-order valence-corrected chi connectivity index (χ2v) is 7.16. The van der Waals surface area contributed by atoms with Crippen LogP contribution in [0, 0.1) is 0 Å². The van der Waals surface area contributed by atoms with E-state index in [0.717, 1.165) is 19.3 Å². The van der Waals surface area contributed by atoms with Crippen LogP contribution in [0.15, 0.2) is 23.1 Å². The standard InChI is InChI=1S/C15H23ClN2O4S/c1-3-5-9-18-23(20,21)12-6-7-14(13(16)10-12)22-11-15(19)17-8-4-2/h6-7,10,18H,3-5,8-9,11H2,1-2H3,(H,17,19). The molecule has 0 bridgehead atoms. The third kappa shape index (κ3) is 6.76. The molecule has 0 heterocycles. The highest BCUT2D eigenvalue weighted by atomic mass is 35.5. The Labute approximate surface area is 142 Å². The molecule has 2 N–H and O–H groups in total. The van der Waals surface area contributed by atoms with E-state index >= 15 is 0 Å². The number of carbonyl (C=O) groups is 1. The maximum atomic E-state index is 12.1. The summed E-state index contributed by atoms with van der Waals surface area (Å²) in [5.41, 5.74) is 0. The van der Waals surface area contributed by atoms with Gasteiger partial charge in [0.25, 0.3) is 5.91 Å². The minimum atomic E-state index is -3.58. The molecule has 8 heteroatoms. The summed E-state index contributed by atoms with van der Waals surface area (Å²) in [5.74, 6) is 0.0201. The fourth-order valence-corrected chi connectivity index (χ4v) is 3.09. The van der Waals surface area contributed by atoms with Crippen LogP contribution in [-0.2, 0) is 14.8 Å². The number of rotatable bonds is 10. The molecule has 0 radical (unpaired) electrons. The van der Waals surface area contributed by atoms with Crippen molar-refractivity contribution in [1.82, 2.24) is 10.0 Å². The van der Waals surface area contributed by atoms with Crippen molar-refractivity contribution in [2.24, 2.45) is 0 Å². The summed E-state index contributed by atoms with van der Waals surface area (Å²) < 4.78 is 32.0. The van der Waals surface area contributed by atoms with E-state index in [9.17, 15) is 13.2 Å². The Balaban J connectivity index is 2.68. The number of amides is 1. The first-order valence-corrected chi connectivity index (χ1v) is 9.45. The predicted molar refractivity (Wildman–Crippen MR) is 90.3 cm³/mol. The zero-order chi connectivity index (χ0) is 17.3. The Morgan fingerprint density at radius 1 is 1.22 bits per heavy atom. The SMILES string of the molecule is CCCCNS(=O)(=O)c1ccc(OCC(=O)NCCC)c(Cl)c1. The third-order valence-corrected chi connectivity index (χ3v) is 4.72. The zero-order valence-corrected chi connectivity index (χ0v) is 15.0. The van der Waals surface area contributed by atoms with Crippen LogP contribution in [0.2, 0.25) is 5.02 Å². The van der Waals surface area contributed by atoms with Crippen molar-refractivity contribution in [3.8, 4) is 5.75 Å². The molecule has 0 saturated carbocycles. The van der Waals surface area contributed by atoms with Crippen LogP contribution in [0.3, 0.4) is 0 Å². The van der Waals surface area contributed by atoms with Gasteiger partial charge in [-0.25, -0.2) is 13.1 Å². The van der Waals surface area contributed by atoms with Gasteiger partial charge in [0.1, 0.15) is 5.75 Å². The molecule has 1 rings (SSSR count). The average Bonchev–Trinajstić information content (AvgIpc) is 2.51. The molecule has 1 aromatic carbocycles. The fraction of sp³-hybridized carbons (Fsp3) is 0.533. The molecule has 23 heavy (non-hydrogen) atoms. The average molecular weight is 363 g/mol. The van der Waals surface area contributed by atoms with Crippen LogP contribution in [0.1, 0.15) is 33.1 Å². The van der Waals surface area contributed by atoms with Gasteiger partial charge in [0.2, 0.25) is 10.0 Å². The summed E-state index contributed by atoms with van der Waals surface area (Å²) in [6, 6.07) is 4.17. The van der Waals surface area contributed by atoms with Crippen molar-refractivity contribution in [2.75, 3.05) is 19.7 Å². The van der Waals surface area contributed by atoms with Crippen LogP contribution in [0.5, 0.6) is 5.75 Å². The second-order valence-electron chi connectivity index (χ2n) is 4.98. The second kappa shape index (κ2) is 9.75. The van der Waals surface area contributed by atoms with Gasteiger partial charge in [0.15, 0.2) is 6.61 Å². The molecule has 0 unspecified atom stereocenters. The van der Waals surface area contributed by atoms with Gasteiger partial charge in [-0.1, -0.05) is 31.9 Å². The maximum absolute atomic E-state index is 12.1. The smallest absolute Gasteiger partial charge is 0.257 e. The number of nitrogens with one attached hydrogen (secondary N) is 2. The summed E-state index contributed by atoms with van der Waals surface area (Å²) in [5, 5.41) is 2.82. The van der Waals surface area contributed by atoms with Gasteiger partial charge in [0, 0.05) is 13.1 Å². The van der Waals surface area contributed by atoms with Gasteiger partial charge in [-0.05, 0) is 31.0 Å². The van der Waals surface area contributed by atoms with Crippen LogP contribution < -0.4 is 14.8 Å². The Kier molecular flexibility index (Phi) is 8.36. The van der Waals surface area contributed by atoms with E-state index in [1.165, 1.54) is 18.2 Å². The number of sulfonamides is 1. The number of halogens is 1. The summed E-state index contributed by atoms with van der Waals surface area (Å²) in [4.78, 5) is 11.5. The molecule has 1 aromatic rings. The van der Waals surface area contributed by atoms with Gasteiger partial charge >= 0.3 is 0 Å². The molecule has 1 amide bonds. The first-order chi connectivity index (χ1) is 10.9. The van der Waals surface area contributed by atoms with E-state index in [1.807, 2.05) is 13.8 Å². The number of ether oxygens (including phenoxy) is 1. The molecule has 0 saturated heterocycles. The Morgan fingerprint density at radius 2 is 1.96 bits per heavy atom. The van der Waals surface area contributed by atoms with Crippen molar-refractivity contribution in [3.05, 3.63) is 23.2 Å². The van der Waals surface area contributed by atoms with E-state index < -0.39 is 10.0 Å². The molecule has 0 aromatic heterocycles. The number of hydrogen-bond donors (Lipinski definition) is 2. The highest BCUT2D eigenvalue weighted by Crippen LogP contribution is 2.27. The monoisotopic (exact) mass is 362 g/mol. The molecule has 0 atom stereocenters. The molecule has 0 aliphatic heterocycles. The van der Waals surface area contributed by atoms with Crippen molar-refractivity contribution in [2.45, 2.75) is 38.0 Å². The number of unbranched alkanes of at least 4 members (excludes halogenated alkanes) is 1. The lowest BCUT2D eigenvalue weighted by molar-refractivity contribution is -0.123. The van der Waals surface area contributed by atoms with Crippen LogP contribution in [0.25, 0.3) is 0 Å². The number of benzene rings is 1. The lowest BCUT2D eigenvalue weighted by atomic mass is 10.3. The Bertz CT molecular complexity index is 620. The third-order valence-electron chi connectivity index (χ3n) is 2.97. The van der Waals surface area contributed by atoms with Gasteiger partial charge in [-0.15, -0.1) is 0 Å². The first-order valence-electron chi connectivity index (χ1n) is 7.59. The molecule has 0 aliphatic rings. The Morgan fingerprint density at radius 3 is 2.57 bits per heavy atom. The van der Waals surface area contributed by atoms with Crippen LogP contribution in [0.4, 0.5) is 0 Å². The van der Waals surface area contributed by atoms with Crippen molar-refractivity contribution >= 4 is 27.5 Å². The molecule has 0 spiro atoms. The van der Waals surface area contributed by atoms with Crippen molar-refractivity contribution in [3.63, 3.8) is 0 Å². The van der Waals surface area contributed by atoms with Gasteiger partial charge < -0.3 is 10.1 Å². The maximum Gasteiger partial charge on any atom is 0.257 e. The van der Waals surface area contributed by atoms with Crippen LogP contribution in [-0.4, -0.2) is 34.0 Å². The van der Waals surface area contributed by atoms with Gasteiger partial charge in [-0.3, -0.25) is 4.79 Å². The minimum Gasteiger partial charge on any atom is -0.482 e. The molecular weight excluding hydrogens is 340 g/mol. The quantitative estimate of drug-likeness (QED) is 0.625. The van der Waals surface area contributed by atoms with Crippen LogP contribution >= 0.6 is 11.6 Å². The van der Waals surface area contributed by atoms with Gasteiger partial charge in [0.05, 0.1) is 9.92 Å². The van der Waals surface area contributed by atoms with E-state index in [2.05, 4.69) is 10.0 Å². The first kappa shape index (κ1) is 19.7. The topological polar surface area (TPSA) is 84.5 Å².